The number of halogens is 1. The summed E-state index contributed by atoms with van der Waals surface area (Å²) >= 11 is 1.50. The van der Waals surface area contributed by atoms with Crippen LogP contribution in [-0.2, 0) is 4.74 Å². The average molecular weight is 324 g/mol. The number of hydrogen-bond acceptors (Lipinski definition) is 7. The first-order chi connectivity index (χ1) is 9.19. The number of ether oxygens (including phenoxy) is 1. The molecule has 0 bridgehead atoms. The van der Waals surface area contributed by atoms with Gasteiger partial charge in [0.15, 0.2) is 5.17 Å². The number of hydrogen-bond donors (Lipinski definition) is 4. The van der Waals surface area contributed by atoms with Gasteiger partial charge in [0.1, 0.15) is 29.8 Å². The van der Waals surface area contributed by atoms with E-state index in [-0.39, 0.29) is 30.0 Å². The zero-order valence-electron chi connectivity index (χ0n) is 11.4. The Balaban J connectivity index is 0.00000147. The molecule has 5 atom stereocenters. The molecule has 0 radical (unpaired) electrons. The molecule has 0 aromatic heterocycles. The van der Waals surface area contributed by atoms with Crippen molar-refractivity contribution in [1.29, 1.82) is 0 Å². The van der Waals surface area contributed by atoms with Gasteiger partial charge in [-0.15, -0.1) is 12.4 Å². The second-order valence-electron chi connectivity index (χ2n) is 5.28. The molecule has 6 nitrogen and oxygen atoms in total. The summed E-state index contributed by atoms with van der Waals surface area (Å²) in [4.78, 5) is 4.39. The molecular weight excluding hydrogens is 302 g/mol. The molecule has 1 saturated heterocycles. The summed E-state index contributed by atoms with van der Waals surface area (Å²) in [6.45, 7) is 3.37. The molecule has 3 rings (SSSR count). The Hall–Kier alpha value is -0.0500. The van der Waals surface area contributed by atoms with Crippen molar-refractivity contribution in [2.24, 2.45) is 4.99 Å². The van der Waals surface area contributed by atoms with Crippen molar-refractivity contribution in [3.8, 4) is 0 Å². The topological polar surface area (TPSA) is 86.1 Å². The van der Waals surface area contributed by atoms with Crippen molar-refractivity contribution < 1.29 is 14.9 Å². The lowest BCUT2D eigenvalue weighted by Crippen LogP contribution is -2.57. The highest BCUT2D eigenvalue weighted by Gasteiger charge is 2.48. The molecule has 1 saturated carbocycles. The van der Waals surface area contributed by atoms with Gasteiger partial charge in [0.05, 0.1) is 0 Å². The van der Waals surface area contributed by atoms with Gasteiger partial charge in [0.25, 0.3) is 0 Å². The van der Waals surface area contributed by atoms with Crippen LogP contribution in [0.3, 0.4) is 0 Å². The smallest absolute Gasteiger partial charge is 0.159 e. The third-order valence-corrected chi connectivity index (χ3v) is 4.77. The molecule has 0 amide bonds. The molecule has 1 aliphatic carbocycles. The Morgan fingerprint density at radius 1 is 1.35 bits per heavy atom. The molecule has 2 aliphatic heterocycles. The van der Waals surface area contributed by atoms with E-state index in [1.807, 2.05) is 6.92 Å². The molecule has 2 fully saturated rings. The lowest BCUT2D eigenvalue weighted by Gasteiger charge is -2.38. The molecule has 2 heterocycles. The van der Waals surface area contributed by atoms with Crippen LogP contribution in [0.1, 0.15) is 19.8 Å². The lowest BCUT2D eigenvalue weighted by molar-refractivity contribution is -0.150. The van der Waals surface area contributed by atoms with E-state index in [0.29, 0.717) is 12.6 Å². The SMILES string of the molecule is CCNC1=N[C@@H]2[C@@H](O)[C@H](O)[C@@H](CNC3CC3)O[C@@H]2S1.Cl. The summed E-state index contributed by atoms with van der Waals surface area (Å²) in [7, 11) is 0. The number of aliphatic imine (C=N–C) groups is 1. The van der Waals surface area contributed by atoms with E-state index in [4.69, 9.17) is 4.74 Å². The van der Waals surface area contributed by atoms with Gasteiger partial charge in [-0.25, -0.2) is 0 Å². The number of nitrogens with one attached hydrogen (secondary N) is 2. The lowest BCUT2D eigenvalue weighted by atomic mass is 9.98. The fourth-order valence-electron chi connectivity index (χ4n) is 2.40. The van der Waals surface area contributed by atoms with E-state index in [2.05, 4.69) is 15.6 Å². The van der Waals surface area contributed by atoms with Crippen LogP contribution in [0, 0.1) is 0 Å². The fraction of sp³-hybridized carbons (Fsp3) is 0.917. The largest absolute Gasteiger partial charge is 0.388 e. The molecule has 8 heteroatoms. The molecule has 116 valence electrons. The van der Waals surface area contributed by atoms with E-state index in [1.165, 1.54) is 24.6 Å². The van der Waals surface area contributed by atoms with Crippen molar-refractivity contribution in [2.45, 2.75) is 55.6 Å². The fourth-order valence-corrected chi connectivity index (χ4v) is 3.59. The number of rotatable bonds is 4. The van der Waals surface area contributed by atoms with Gasteiger partial charge >= 0.3 is 0 Å². The van der Waals surface area contributed by atoms with Crippen LogP contribution in [-0.4, -0.2) is 64.3 Å². The third kappa shape index (κ3) is 3.40. The molecule has 0 aromatic carbocycles. The van der Waals surface area contributed by atoms with E-state index in [1.54, 1.807) is 0 Å². The Kier molecular flexibility index (Phi) is 5.56. The second-order valence-corrected chi connectivity index (χ2v) is 6.37. The van der Waals surface area contributed by atoms with Crippen LogP contribution in [0.2, 0.25) is 0 Å². The number of amidine groups is 1. The van der Waals surface area contributed by atoms with Crippen molar-refractivity contribution in [3.05, 3.63) is 0 Å². The number of aliphatic hydroxyl groups excluding tert-OH is 2. The first-order valence-corrected chi connectivity index (χ1v) is 7.80. The van der Waals surface area contributed by atoms with Crippen LogP contribution >= 0.6 is 24.2 Å². The van der Waals surface area contributed by atoms with Gasteiger partial charge in [0.2, 0.25) is 0 Å². The minimum Gasteiger partial charge on any atom is -0.388 e. The van der Waals surface area contributed by atoms with E-state index in [9.17, 15) is 10.2 Å². The number of fused-ring (bicyclic) bond motifs is 1. The molecule has 3 aliphatic rings. The highest BCUT2D eigenvalue weighted by molar-refractivity contribution is 8.14. The third-order valence-electron chi connectivity index (χ3n) is 3.68. The highest BCUT2D eigenvalue weighted by Crippen LogP contribution is 2.35. The van der Waals surface area contributed by atoms with Crippen LogP contribution in [0.15, 0.2) is 4.99 Å². The molecule has 0 unspecified atom stereocenters. The number of thioether (sulfide) groups is 1. The van der Waals surface area contributed by atoms with Crippen molar-refractivity contribution in [1.82, 2.24) is 10.6 Å². The summed E-state index contributed by atoms with van der Waals surface area (Å²) in [5.41, 5.74) is -0.196. The van der Waals surface area contributed by atoms with Crippen molar-refractivity contribution in [2.75, 3.05) is 13.1 Å². The van der Waals surface area contributed by atoms with Gasteiger partial charge in [-0.1, -0.05) is 11.8 Å². The molecule has 0 spiro atoms. The number of nitrogens with zero attached hydrogens (tertiary/aromatic N) is 1. The maximum absolute atomic E-state index is 10.2. The van der Waals surface area contributed by atoms with Gasteiger partial charge in [-0.3, -0.25) is 4.99 Å². The average Bonchev–Trinajstić information content (AvgIpc) is 3.13. The van der Waals surface area contributed by atoms with Gasteiger partial charge in [-0.2, -0.15) is 0 Å². The van der Waals surface area contributed by atoms with Crippen molar-refractivity contribution >= 4 is 29.3 Å². The van der Waals surface area contributed by atoms with Gasteiger partial charge in [0, 0.05) is 19.1 Å². The summed E-state index contributed by atoms with van der Waals surface area (Å²) in [6, 6.07) is 0.196. The summed E-state index contributed by atoms with van der Waals surface area (Å²) in [6.07, 6.45) is 0.298. The maximum Gasteiger partial charge on any atom is 0.159 e. The maximum atomic E-state index is 10.2. The quantitative estimate of drug-likeness (QED) is 0.568. The van der Waals surface area contributed by atoms with E-state index in [0.717, 1.165) is 11.7 Å². The first kappa shape index (κ1) is 16.3. The summed E-state index contributed by atoms with van der Waals surface area (Å²) in [5.74, 6) is 0. The first-order valence-electron chi connectivity index (χ1n) is 6.92. The normalized spacial score (nSPS) is 39.8. The summed E-state index contributed by atoms with van der Waals surface area (Å²) in [5, 5.41) is 27.6. The standard InChI is InChI=1S/C12H21N3O3S.ClH/c1-2-13-12-15-8-10(17)9(16)7(18-11(8)19-12)5-14-6-3-4-6;/h6-11,14,16-17H,2-5H2,1H3,(H,13,15);1H/t7-,8-,9-,10-,11-;/m1./s1. The predicted molar refractivity (Wildman–Crippen MR) is 81.4 cm³/mol. The summed E-state index contributed by atoms with van der Waals surface area (Å²) < 4.78 is 5.88. The monoisotopic (exact) mass is 323 g/mol. The zero-order chi connectivity index (χ0) is 13.4. The minimum atomic E-state index is -0.877. The second kappa shape index (κ2) is 6.81. The minimum absolute atomic E-state index is 0. The molecule has 20 heavy (non-hydrogen) atoms. The van der Waals surface area contributed by atoms with Crippen molar-refractivity contribution in [3.63, 3.8) is 0 Å². The Morgan fingerprint density at radius 3 is 2.75 bits per heavy atom. The van der Waals surface area contributed by atoms with Crippen LogP contribution in [0.4, 0.5) is 0 Å². The van der Waals surface area contributed by atoms with Gasteiger partial charge in [-0.05, 0) is 19.8 Å². The molecule has 0 aromatic rings. The van der Waals surface area contributed by atoms with E-state index < -0.39 is 12.2 Å². The molecule has 4 N–H and O–H groups in total. The zero-order valence-corrected chi connectivity index (χ0v) is 13.0. The van der Waals surface area contributed by atoms with Gasteiger partial charge < -0.3 is 25.6 Å². The van der Waals surface area contributed by atoms with Crippen LogP contribution < -0.4 is 10.6 Å². The Bertz CT molecular complexity index is 370. The Labute approximate surface area is 129 Å². The highest BCUT2D eigenvalue weighted by atomic mass is 35.5. The van der Waals surface area contributed by atoms with Crippen LogP contribution in [0.25, 0.3) is 0 Å². The predicted octanol–water partition coefficient (Wildman–Crippen LogP) is -0.312. The van der Waals surface area contributed by atoms with E-state index >= 15 is 0 Å². The van der Waals surface area contributed by atoms with Crippen LogP contribution in [0.5, 0.6) is 0 Å². The number of aliphatic hydroxyl groups is 2. The Morgan fingerprint density at radius 2 is 2.10 bits per heavy atom. The molecular formula is C12H22ClN3O3S.